The Morgan fingerprint density at radius 1 is 1.41 bits per heavy atom. The Morgan fingerprint density at radius 2 is 2.23 bits per heavy atom. The van der Waals surface area contributed by atoms with Gasteiger partial charge in [-0.15, -0.1) is 16.6 Å². The molecule has 7 heteroatoms. The third-order valence-electron chi connectivity index (χ3n) is 3.19. The number of hydrogen-bond acceptors (Lipinski definition) is 5. The number of benzene rings is 1. The van der Waals surface area contributed by atoms with Gasteiger partial charge in [-0.25, -0.2) is 4.98 Å². The zero-order valence-corrected chi connectivity index (χ0v) is 11.9. The predicted molar refractivity (Wildman–Crippen MR) is 81.0 cm³/mol. The number of hydrogen-bond donors (Lipinski definition) is 1. The van der Waals surface area contributed by atoms with Gasteiger partial charge in [0.2, 0.25) is 5.82 Å². The van der Waals surface area contributed by atoms with Crippen LogP contribution >= 0.6 is 0 Å². The molecule has 7 nitrogen and oxygen atoms in total. The number of aromatic nitrogens is 4. The number of para-hydroxylation sites is 1. The molecule has 0 spiro atoms. The van der Waals surface area contributed by atoms with E-state index in [-0.39, 0.29) is 12.4 Å². The average molecular weight is 295 g/mol. The second-order valence-electron chi connectivity index (χ2n) is 4.56. The van der Waals surface area contributed by atoms with Gasteiger partial charge in [0.25, 0.3) is 5.91 Å². The Bertz CT molecular complexity index is 894. The van der Waals surface area contributed by atoms with Gasteiger partial charge in [-0.3, -0.25) is 9.36 Å². The van der Waals surface area contributed by atoms with Crippen molar-refractivity contribution < 1.29 is 9.53 Å². The smallest absolute Gasteiger partial charge is 0.291 e. The molecule has 0 atom stereocenters. The van der Waals surface area contributed by atoms with Crippen LogP contribution in [-0.4, -0.2) is 39.3 Å². The molecule has 0 radical (unpaired) electrons. The number of nitrogens with one attached hydrogen (secondary N) is 1. The van der Waals surface area contributed by atoms with Gasteiger partial charge in [0.05, 0.1) is 12.1 Å². The summed E-state index contributed by atoms with van der Waals surface area (Å²) in [4.78, 5) is 16.2. The van der Waals surface area contributed by atoms with Crippen molar-refractivity contribution in [1.82, 2.24) is 25.1 Å². The Balaban J connectivity index is 2.18. The minimum atomic E-state index is -0.457. The number of fused-ring (bicyclic) bond motifs is 3. The zero-order chi connectivity index (χ0) is 15.5. The SMILES string of the molecule is C#CCNC(=O)c1nnc2c3ccccc3n(COC)c2n1. The first-order valence-corrected chi connectivity index (χ1v) is 6.58. The number of methoxy groups -OCH3 is 1. The van der Waals surface area contributed by atoms with Crippen molar-refractivity contribution in [1.29, 1.82) is 0 Å². The van der Waals surface area contributed by atoms with Gasteiger partial charge in [0.15, 0.2) is 5.65 Å². The fourth-order valence-corrected chi connectivity index (χ4v) is 2.27. The van der Waals surface area contributed by atoms with Crippen LogP contribution in [0.15, 0.2) is 24.3 Å². The average Bonchev–Trinajstić information content (AvgIpc) is 2.87. The molecule has 0 aliphatic heterocycles. The molecule has 0 fully saturated rings. The summed E-state index contributed by atoms with van der Waals surface area (Å²) in [6, 6.07) is 7.70. The van der Waals surface area contributed by atoms with Gasteiger partial charge in [-0.2, -0.15) is 0 Å². The van der Waals surface area contributed by atoms with Crippen LogP contribution in [0.5, 0.6) is 0 Å². The van der Waals surface area contributed by atoms with Crippen molar-refractivity contribution in [2.75, 3.05) is 13.7 Å². The Morgan fingerprint density at radius 3 is 3.00 bits per heavy atom. The van der Waals surface area contributed by atoms with E-state index in [0.717, 1.165) is 10.9 Å². The molecule has 1 aromatic carbocycles. The van der Waals surface area contributed by atoms with Crippen molar-refractivity contribution in [3.05, 3.63) is 30.1 Å². The van der Waals surface area contributed by atoms with E-state index in [1.54, 1.807) is 7.11 Å². The lowest BCUT2D eigenvalue weighted by molar-refractivity contribution is 0.0947. The van der Waals surface area contributed by atoms with Crippen molar-refractivity contribution >= 4 is 28.0 Å². The van der Waals surface area contributed by atoms with Gasteiger partial charge in [0, 0.05) is 12.5 Å². The van der Waals surface area contributed by atoms with E-state index in [0.29, 0.717) is 17.9 Å². The minimum absolute atomic E-state index is 0.0251. The first-order valence-electron chi connectivity index (χ1n) is 6.58. The van der Waals surface area contributed by atoms with E-state index in [1.807, 2.05) is 28.8 Å². The van der Waals surface area contributed by atoms with Crippen molar-refractivity contribution in [2.24, 2.45) is 0 Å². The van der Waals surface area contributed by atoms with Crippen LogP contribution in [0, 0.1) is 12.3 Å². The highest BCUT2D eigenvalue weighted by atomic mass is 16.5. The van der Waals surface area contributed by atoms with Gasteiger partial charge in [0.1, 0.15) is 12.2 Å². The molecule has 1 N–H and O–H groups in total. The quantitative estimate of drug-likeness (QED) is 0.725. The molecule has 2 heterocycles. The first kappa shape index (κ1) is 14.0. The lowest BCUT2D eigenvalue weighted by Gasteiger charge is -2.05. The number of carbonyl (C=O) groups is 1. The highest BCUT2D eigenvalue weighted by molar-refractivity contribution is 6.04. The number of nitrogens with zero attached hydrogens (tertiary/aromatic N) is 4. The summed E-state index contributed by atoms with van der Waals surface area (Å²) < 4.78 is 7.06. The second kappa shape index (κ2) is 5.79. The molecule has 0 saturated carbocycles. The van der Waals surface area contributed by atoms with Crippen LogP contribution in [0.25, 0.3) is 22.1 Å². The van der Waals surface area contributed by atoms with E-state index in [9.17, 15) is 4.79 Å². The maximum Gasteiger partial charge on any atom is 0.291 e. The number of rotatable bonds is 4. The van der Waals surface area contributed by atoms with Crippen molar-refractivity contribution in [3.8, 4) is 12.3 Å². The molecular formula is C15H13N5O2. The van der Waals surface area contributed by atoms with Crippen LogP contribution in [0.1, 0.15) is 10.6 Å². The molecule has 0 unspecified atom stereocenters. The monoisotopic (exact) mass is 295 g/mol. The number of amides is 1. The molecule has 0 aliphatic rings. The number of terminal acetylenes is 1. The summed E-state index contributed by atoms with van der Waals surface area (Å²) in [6.07, 6.45) is 5.12. The van der Waals surface area contributed by atoms with Crippen LogP contribution in [0.3, 0.4) is 0 Å². The Kier molecular flexibility index (Phi) is 3.68. The number of carbonyl (C=O) groups excluding carboxylic acids is 1. The van der Waals surface area contributed by atoms with E-state index >= 15 is 0 Å². The maximum atomic E-state index is 11.9. The van der Waals surface area contributed by atoms with Gasteiger partial charge >= 0.3 is 0 Å². The van der Waals surface area contributed by atoms with E-state index in [2.05, 4.69) is 26.4 Å². The highest BCUT2D eigenvalue weighted by Crippen LogP contribution is 2.25. The van der Waals surface area contributed by atoms with E-state index in [4.69, 9.17) is 11.2 Å². The van der Waals surface area contributed by atoms with Crippen LogP contribution in [0.2, 0.25) is 0 Å². The molecule has 110 valence electrons. The molecule has 2 aromatic heterocycles. The minimum Gasteiger partial charge on any atom is -0.364 e. The predicted octanol–water partition coefficient (Wildman–Crippen LogP) is 0.946. The van der Waals surface area contributed by atoms with Crippen molar-refractivity contribution in [3.63, 3.8) is 0 Å². The summed E-state index contributed by atoms with van der Waals surface area (Å²) in [5, 5.41) is 11.5. The zero-order valence-electron chi connectivity index (χ0n) is 11.9. The molecule has 3 rings (SSSR count). The normalized spacial score (nSPS) is 10.7. The Hall–Kier alpha value is -2.98. The molecule has 0 bridgehead atoms. The largest absolute Gasteiger partial charge is 0.364 e. The fourth-order valence-electron chi connectivity index (χ4n) is 2.27. The summed E-state index contributed by atoms with van der Waals surface area (Å²) in [6.45, 7) is 0.412. The summed E-state index contributed by atoms with van der Waals surface area (Å²) >= 11 is 0. The van der Waals surface area contributed by atoms with Crippen LogP contribution in [-0.2, 0) is 11.5 Å². The topological polar surface area (TPSA) is 81.9 Å². The third-order valence-corrected chi connectivity index (χ3v) is 3.19. The lowest BCUT2D eigenvalue weighted by Crippen LogP contribution is -2.26. The lowest BCUT2D eigenvalue weighted by atomic mass is 10.2. The summed E-state index contributed by atoms with van der Waals surface area (Å²) in [5.74, 6) is 1.84. The van der Waals surface area contributed by atoms with Gasteiger partial charge in [-0.1, -0.05) is 24.1 Å². The standard InChI is InChI=1S/C15H13N5O2/c1-3-8-16-15(21)13-17-14-12(18-19-13)10-6-4-5-7-11(10)20(14)9-22-2/h1,4-7H,8-9H2,2H3,(H,16,21). The highest BCUT2D eigenvalue weighted by Gasteiger charge is 2.17. The first-order chi connectivity index (χ1) is 10.8. The van der Waals surface area contributed by atoms with Crippen molar-refractivity contribution in [2.45, 2.75) is 6.73 Å². The second-order valence-corrected chi connectivity index (χ2v) is 4.56. The third kappa shape index (κ3) is 2.25. The number of ether oxygens (including phenoxy) is 1. The molecule has 0 aliphatic carbocycles. The molecule has 3 aromatic rings. The maximum absolute atomic E-state index is 11.9. The van der Waals surface area contributed by atoms with Gasteiger partial charge < -0.3 is 10.1 Å². The van der Waals surface area contributed by atoms with Crippen LogP contribution in [0.4, 0.5) is 0 Å². The summed E-state index contributed by atoms with van der Waals surface area (Å²) in [5.41, 5.74) is 2.09. The Labute approximate surface area is 126 Å². The molecule has 0 saturated heterocycles. The molecule has 1 amide bonds. The van der Waals surface area contributed by atoms with E-state index in [1.165, 1.54) is 0 Å². The summed E-state index contributed by atoms with van der Waals surface area (Å²) in [7, 11) is 1.59. The molecule has 22 heavy (non-hydrogen) atoms. The molecular weight excluding hydrogens is 282 g/mol. The van der Waals surface area contributed by atoms with Crippen LogP contribution < -0.4 is 5.32 Å². The van der Waals surface area contributed by atoms with Gasteiger partial charge in [-0.05, 0) is 6.07 Å². The fraction of sp³-hybridized carbons (Fsp3) is 0.200. The van der Waals surface area contributed by atoms with E-state index < -0.39 is 5.91 Å².